The Kier molecular flexibility index (Phi) is 3.16. The molecule has 0 spiro atoms. The molecular formula is C15H11ClN2O2. The highest BCUT2D eigenvalue weighted by Gasteiger charge is 2.10. The van der Waals surface area contributed by atoms with Crippen molar-refractivity contribution in [3.8, 4) is 0 Å². The standard InChI is InChI=1S/C15H11ClN2O2/c1-9-17-13-8-10(6-7-14(13)20-9)18-15(19)11-4-2-3-5-12(11)16/h2-8H,1H3,(H,18,19). The van der Waals surface area contributed by atoms with E-state index >= 15 is 0 Å². The van der Waals surface area contributed by atoms with Gasteiger partial charge in [-0.15, -0.1) is 0 Å². The van der Waals surface area contributed by atoms with E-state index < -0.39 is 0 Å². The number of nitrogens with zero attached hydrogens (tertiary/aromatic N) is 1. The molecule has 20 heavy (non-hydrogen) atoms. The SMILES string of the molecule is Cc1nc2cc(NC(=O)c3ccccc3Cl)ccc2o1. The molecule has 0 saturated heterocycles. The zero-order valence-electron chi connectivity index (χ0n) is 10.7. The Labute approximate surface area is 120 Å². The van der Waals surface area contributed by atoms with E-state index in [0.717, 1.165) is 0 Å². The number of benzene rings is 2. The van der Waals surface area contributed by atoms with Gasteiger partial charge in [0.2, 0.25) is 0 Å². The Morgan fingerprint density at radius 2 is 2.05 bits per heavy atom. The first-order chi connectivity index (χ1) is 9.63. The fourth-order valence-corrected chi connectivity index (χ4v) is 2.19. The molecule has 1 heterocycles. The van der Waals surface area contributed by atoms with E-state index in [1.54, 1.807) is 49.4 Å². The summed E-state index contributed by atoms with van der Waals surface area (Å²) in [6, 6.07) is 12.2. The van der Waals surface area contributed by atoms with Crippen LogP contribution in [0.2, 0.25) is 5.02 Å². The predicted molar refractivity (Wildman–Crippen MR) is 78.2 cm³/mol. The topological polar surface area (TPSA) is 55.1 Å². The summed E-state index contributed by atoms with van der Waals surface area (Å²) < 4.78 is 5.39. The molecule has 5 heteroatoms. The average molecular weight is 287 g/mol. The predicted octanol–water partition coefficient (Wildman–Crippen LogP) is 4.04. The number of amides is 1. The van der Waals surface area contributed by atoms with Crippen LogP contribution < -0.4 is 5.32 Å². The Hall–Kier alpha value is -2.33. The van der Waals surface area contributed by atoms with Crippen LogP contribution in [-0.4, -0.2) is 10.9 Å². The maximum absolute atomic E-state index is 12.1. The number of carbonyl (C=O) groups excluding carboxylic acids is 1. The molecule has 0 atom stereocenters. The molecule has 0 aliphatic heterocycles. The summed E-state index contributed by atoms with van der Waals surface area (Å²) in [4.78, 5) is 16.4. The molecule has 3 aromatic rings. The molecule has 0 aliphatic carbocycles. The molecule has 100 valence electrons. The summed E-state index contributed by atoms with van der Waals surface area (Å²) in [5.41, 5.74) is 2.49. The third-order valence-electron chi connectivity index (χ3n) is 2.87. The van der Waals surface area contributed by atoms with Crippen molar-refractivity contribution in [2.75, 3.05) is 5.32 Å². The van der Waals surface area contributed by atoms with Crippen LogP contribution in [0.15, 0.2) is 46.9 Å². The molecule has 4 nitrogen and oxygen atoms in total. The Balaban J connectivity index is 1.89. The number of anilines is 1. The van der Waals surface area contributed by atoms with Gasteiger partial charge >= 0.3 is 0 Å². The van der Waals surface area contributed by atoms with Crippen LogP contribution >= 0.6 is 11.6 Å². The number of carbonyl (C=O) groups is 1. The molecule has 0 saturated carbocycles. The maximum atomic E-state index is 12.1. The third-order valence-corrected chi connectivity index (χ3v) is 3.20. The lowest BCUT2D eigenvalue weighted by Crippen LogP contribution is -2.12. The Morgan fingerprint density at radius 3 is 2.85 bits per heavy atom. The maximum Gasteiger partial charge on any atom is 0.257 e. The molecule has 3 rings (SSSR count). The van der Waals surface area contributed by atoms with E-state index in [2.05, 4.69) is 10.3 Å². The smallest absolute Gasteiger partial charge is 0.257 e. The second-order valence-corrected chi connectivity index (χ2v) is 4.76. The number of hydrogen-bond acceptors (Lipinski definition) is 3. The number of aromatic nitrogens is 1. The monoisotopic (exact) mass is 286 g/mol. The van der Waals surface area contributed by atoms with Gasteiger partial charge in [0, 0.05) is 12.6 Å². The van der Waals surface area contributed by atoms with Crippen molar-refractivity contribution in [2.45, 2.75) is 6.92 Å². The Bertz CT molecular complexity index is 795. The van der Waals surface area contributed by atoms with Gasteiger partial charge in [0.25, 0.3) is 5.91 Å². The zero-order valence-corrected chi connectivity index (χ0v) is 11.4. The van der Waals surface area contributed by atoms with Gasteiger partial charge in [-0.3, -0.25) is 4.79 Å². The second kappa shape index (κ2) is 4.98. The van der Waals surface area contributed by atoms with Crippen LogP contribution in [0, 0.1) is 6.92 Å². The van der Waals surface area contributed by atoms with Gasteiger partial charge in [0.05, 0.1) is 10.6 Å². The van der Waals surface area contributed by atoms with Crippen LogP contribution in [0.25, 0.3) is 11.1 Å². The van der Waals surface area contributed by atoms with E-state index in [-0.39, 0.29) is 5.91 Å². The van der Waals surface area contributed by atoms with Gasteiger partial charge in [-0.1, -0.05) is 23.7 Å². The summed E-state index contributed by atoms with van der Waals surface area (Å²) in [6.07, 6.45) is 0. The lowest BCUT2D eigenvalue weighted by molar-refractivity contribution is 0.102. The van der Waals surface area contributed by atoms with Crippen molar-refractivity contribution in [1.29, 1.82) is 0 Å². The van der Waals surface area contributed by atoms with Gasteiger partial charge in [0.1, 0.15) is 5.52 Å². The van der Waals surface area contributed by atoms with Crippen LogP contribution in [0.3, 0.4) is 0 Å². The highest BCUT2D eigenvalue weighted by Crippen LogP contribution is 2.21. The summed E-state index contributed by atoms with van der Waals surface area (Å²) in [5, 5.41) is 3.22. The minimum Gasteiger partial charge on any atom is -0.441 e. The summed E-state index contributed by atoms with van der Waals surface area (Å²) in [7, 11) is 0. The van der Waals surface area contributed by atoms with Gasteiger partial charge in [-0.2, -0.15) is 0 Å². The molecule has 1 amide bonds. The van der Waals surface area contributed by atoms with Crippen molar-refractivity contribution in [3.05, 3.63) is 58.9 Å². The van der Waals surface area contributed by atoms with Gasteiger partial charge in [0.15, 0.2) is 11.5 Å². The molecule has 0 fully saturated rings. The van der Waals surface area contributed by atoms with Crippen molar-refractivity contribution in [1.82, 2.24) is 4.98 Å². The van der Waals surface area contributed by atoms with E-state index in [9.17, 15) is 4.79 Å². The number of fused-ring (bicyclic) bond motifs is 1. The minimum absolute atomic E-state index is 0.254. The highest BCUT2D eigenvalue weighted by molar-refractivity contribution is 6.34. The molecule has 0 bridgehead atoms. The van der Waals surface area contributed by atoms with Gasteiger partial charge in [-0.05, 0) is 30.3 Å². The molecular weight excluding hydrogens is 276 g/mol. The van der Waals surface area contributed by atoms with Crippen molar-refractivity contribution in [3.63, 3.8) is 0 Å². The highest BCUT2D eigenvalue weighted by atomic mass is 35.5. The van der Waals surface area contributed by atoms with Crippen LogP contribution in [0.1, 0.15) is 16.2 Å². The number of aryl methyl sites for hydroxylation is 1. The number of hydrogen-bond donors (Lipinski definition) is 1. The van der Waals surface area contributed by atoms with E-state index in [0.29, 0.717) is 33.3 Å². The molecule has 0 aliphatic rings. The fourth-order valence-electron chi connectivity index (χ4n) is 1.96. The van der Waals surface area contributed by atoms with Crippen molar-refractivity contribution in [2.24, 2.45) is 0 Å². The van der Waals surface area contributed by atoms with Crippen LogP contribution in [-0.2, 0) is 0 Å². The summed E-state index contributed by atoms with van der Waals surface area (Å²) in [5.74, 6) is 0.338. The number of nitrogens with one attached hydrogen (secondary N) is 1. The van der Waals surface area contributed by atoms with Crippen molar-refractivity contribution < 1.29 is 9.21 Å². The Morgan fingerprint density at radius 1 is 1.25 bits per heavy atom. The first kappa shape index (κ1) is 12.7. The lowest BCUT2D eigenvalue weighted by Gasteiger charge is -2.06. The number of rotatable bonds is 2. The van der Waals surface area contributed by atoms with Crippen molar-refractivity contribution >= 4 is 34.3 Å². The van der Waals surface area contributed by atoms with Gasteiger partial charge in [-0.25, -0.2) is 4.98 Å². The van der Waals surface area contributed by atoms with Gasteiger partial charge < -0.3 is 9.73 Å². The second-order valence-electron chi connectivity index (χ2n) is 4.35. The zero-order chi connectivity index (χ0) is 14.1. The summed E-state index contributed by atoms with van der Waals surface area (Å²) in [6.45, 7) is 1.78. The molecule has 0 unspecified atom stereocenters. The largest absolute Gasteiger partial charge is 0.441 e. The quantitative estimate of drug-likeness (QED) is 0.773. The molecule has 1 N–H and O–H groups in total. The molecule has 0 radical (unpaired) electrons. The average Bonchev–Trinajstić information content (AvgIpc) is 2.78. The normalized spacial score (nSPS) is 10.7. The van der Waals surface area contributed by atoms with E-state index in [4.69, 9.17) is 16.0 Å². The first-order valence-electron chi connectivity index (χ1n) is 6.06. The van der Waals surface area contributed by atoms with E-state index in [1.165, 1.54) is 0 Å². The van der Waals surface area contributed by atoms with Crippen LogP contribution in [0.5, 0.6) is 0 Å². The number of halogens is 1. The third kappa shape index (κ3) is 2.38. The molecule has 1 aromatic heterocycles. The summed E-state index contributed by atoms with van der Waals surface area (Å²) >= 11 is 6.00. The molecule has 2 aromatic carbocycles. The lowest BCUT2D eigenvalue weighted by atomic mass is 10.2. The number of oxazole rings is 1. The van der Waals surface area contributed by atoms with E-state index in [1.807, 2.05) is 0 Å². The van der Waals surface area contributed by atoms with Crippen LogP contribution in [0.4, 0.5) is 5.69 Å². The fraction of sp³-hybridized carbons (Fsp3) is 0.0667. The first-order valence-corrected chi connectivity index (χ1v) is 6.44. The minimum atomic E-state index is -0.254.